The molecular formula is C27H27FN2O4. The highest BCUT2D eigenvalue weighted by Gasteiger charge is 2.40. The van der Waals surface area contributed by atoms with Gasteiger partial charge < -0.3 is 19.7 Å². The minimum Gasteiger partial charge on any atom is -0.497 e. The Morgan fingerprint density at radius 1 is 0.941 bits per heavy atom. The second-order valence-corrected chi connectivity index (χ2v) is 8.27. The van der Waals surface area contributed by atoms with Crippen molar-refractivity contribution in [3.8, 4) is 11.5 Å². The predicted octanol–water partition coefficient (Wildman–Crippen LogP) is 4.02. The second-order valence-electron chi connectivity index (χ2n) is 8.27. The van der Waals surface area contributed by atoms with Crippen LogP contribution in [0.2, 0.25) is 0 Å². The molecule has 3 aromatic carbocycles. The Kier molecular flexibility index (Phi) is 7.11. The van der Waals surface area contributed by atoms with E-state index in [4.69, 9.17) is 9.47 Å². The lowest BCUT2D eigenvalue weighted by molar-refractivity contribution is -0.125. The number of carbonyl (C=O) groups excluding carboxylic acids is 2. The zero-order valence-electron chi connectivity index (χ0n) is 19.2. The van der Waals surface area contributed by atoms with Crippen molar-refractivity contribution in [2.75, 3.05) is 27.3 Å². The van der Waals surface area contributed by atoms with Crippen molar-refractivity contribution in [2.45, 2.75) is 12.5 Å². The number of nitrogens with one attached hydrogen (secondary N) is 1. The molecule has 0 spiro atoms. The van der Waals surface area contributed by atoms with E-state index in [1.807, 2.05) is 24.3 Å². The summed E-state index contributed by atoms with van der Waals surface area (Å²) in [5.74, 6) is 0.111. The van der Waals surface area contributed by atoms with Crippen LogP contribution in [0.15, 0.2) is 72.8 Å². The maximum atomic E-state index is 13.3. The van der Waals surface area contributed by atoms with Gasteiger partial charge in [0.15, 0.2) is 0 Å². The number of nitrogens with zero attached hydrogens (tertiary/aromatic N) is 1. The van der Waals surface area contributed by atoms with E-state index in [2.05, 4.69) is 5.32 Å². The predicted molar refractivity (Wildman–Crippen MR) is 126 cm³/mol. The van der Waals surface area contributed by atoms with Crippen molar-refractivity contribution < 1.29 is 23.5 Å². The van der Waals surface area contributed by atoms with Crippen LogP contribution in [0.5, 0.6) is 11.5 Å². The number of hydrogen-bond acceptors (Lipinski definition) is 4. The van der Waals surface area contributed by atoms with E-state index >= 15 is 0 Å². The van der Waals surface area contributed by atoms with E-state index in [9.17, 15) is 14.0 Å². The Bertz CT molecular complexity index is 1150. The van der Waals surface area contributed by atoms with E-state index < -0.39 is 5.92 Å². The average Bonchev–Trinajstić information content (AvgIpc) is 3.33. The number of halogens is 1. The minimum atomic E-state index is -0.427. The average molecular weight is 463 g/mol. The summed E-state index contributed by atoms with van der Waals surface area (Å²) in [6.07, 6.45) is 0. The largest absolute Gasteiger partial charge is 0.497 e. The Labute approximate surface area is 198 Å². The fourth-order valence-electron chi connectivity index (χ4n) is 4.29. The molecule has 0 aliphatic carbocycles. The third-order valence-corrected chi connectivity index (χ3v) is 6.18. The normalized spacial score (nSPS) is 17.3. The van der Waals surface area contributed by atoms with Gasteiger partial charge in [-0.15, -0.1) is 0 Å². The van der Waals surface area contributed by atoms with Crippen LogP contribution in [0.4, 0.5) is 4.39 Å². The molecule has 3 aromatic rings. The Balaban J connectivity index is 1.54. The van der Waals surface area contributed by atoms with Crippen LogP contribution in [0.25, 0.3) is 0 Å². The highest BCUT2D eigenvalue weighted by Crippen LogP contribution is 2.35. The molecule has 1 saturated heterocycles. The maximum Gasteiger partial charge on any atom is 0.254 e. The fraction of sp³-hybridized carbons (Fsp3) is 0.259. The van der Waals surface area contributed by atoms with Gasteiger partial charge in [0.25, 0.3) is 5.91 Å². The van der Waals surface area contributed by atoms with Gasteiger partial charge in [-0.05, 0) is 53.6 Å². The monoisotopic (exact) mass is 462 g/mol. The van der Waals surface area contributed by atoms with Gasteiger partial charge in [-0.1, -0.05) is 30.3 Å². The first kappa shape index (κ1) is 23.3. The van der Waals surface area contributed by atoms with Crippen LogP contribution in [0, 0.1) is 11.7 Å². The number of likely N-dealkylation sites (tertiary alicyclic amines) is 1. The van der Waals surface area contributed by atoms with E-state index in [-0.39, 0.29) is 30.1 Å². The summed E-state index contributed by atoms with van der Waals surface area (Å²) in [6.45, 7) is 0.994. The molecule has 2 atom stereocenters. The summed E-state index contributed by atoms with van der Waals surface area (Å²) in [5, 5.41) is 2.96. The van der Waals surface area contributed by atoms with E-state index in [1.54, 1.807) is 55.5 Å². The molecule has 1 aliphatic rings. The maximum absolute atomic E-state index is 13.3. The molecule has 0 unspecified atom stereocenters. The molecular weight excluding hydrogens is 435 g/mol. The molecule has 1 N–H and O–H groups in total. The number of benzene rings is 3. The van der Waals surface area contributed by atoms with Crippen LogP contribution >= 0.6 is 0 Å². The molecule has 6 nitrogen and oxygen atoms in total. The van der Waals surface area contributed by atoms with Crippen LogP contribution in [-0.4, -0.2) is 44.0 Å². The number of ether oxygens (including phenoxy) is 2. The second kappa shape index (κ2) is 10.4. The minimum absolute atomic E-state index is 0.147. The summed E-state index contributed by atoms with van der Waals surface area (Å²) >= 11 is 0. The molecule has 0 aromatic heterocycles. The van der Waals surface area contributed by atoms with Gasteiger partial charge in [0.2, 0.25) is 5.91 Å². The van der Waals surface area contributed by atoms with Crippen LogP contribution < -0.4 is 14.8 Å². The third-order valence-electron chi connectivity index (χ3n) is 6.18. The molecule has 4 rings (SSSR count). The number of amides is 2. The number of carbonyl (C=O) groups is 2. The molecule has 7 heteroatoms. The molecule has 34 heavy (non-hydrogen) atoms. The van der Waals surface area contributed by atoms with Gasteiger partial charge in [-0.3, -0.25) is 9.59 Å². The quantitative estimate of drug-likeness (QED) is 0.576. The standard InChI is InChI=1S/C27H27FN2O4/c1-33-22-12-8-19(9-13-22)24-16-30(27(32)20-4-3-5-23(14-20)34-2)17-25(24)26(31)29-15-18-6-10-21(28)11-7-18/h3-14,24-25H,15-17H2,1-2H3,(H,29,31)/t24-,25+/m0/s1. The van der Waals surface area contributed by atoms with Gasteiger partial charge in [-0.2, -0.15) is 0 Å². The highest BCUT2D eigenvalue weighted by molar-refractivity contribution is 5.95. The lowest BCUT2D eigenvalue weighted by Gasteiger charge is -2.18. The highest BCUT2D eigenvalue weighted by atomic mass is 19.1. The molecule has 2 amide bonds. The van der Waals surface area contributed by atoms with Crippen LogP contribution in [0.1, 0.15) is 27.4 Å². The van der Waals surface area contributed by atoms with Gasteiger partial charge >= 0.3 is 0 Å². The zero-order chi connectivity index (χ0) is 24.1. The van der Waals surface area contributed by atoms with Crippen molar-refractivity contribution in [1.82, 2.24) is 10.2 Å². The first-order valence-corrected chi connectivity index (χ1v) is 11.1. The lowest BCUT2D eigenvalue weighted by Crippen LogP contribution is -2.35. The number of methoxy groups -OCH3 is 2. The Hall–Kier alpha value is -3.87. The van der Waals surface area contributed by atoms with Crippen molar-refractivity contribution in [3.63, 3.8) is 0 Å². The summed E-state index contributed by atoms with van der Waals surface area (Å²) in [5.41, 5.74) is 2.28. The van der Waals surface area contributed by atoms with Crippen LogP contribution in [0.3, 0.4) is 0 Å². The van der Waals surface area contributed by atoms with E-state index in [0.29, 0.717) is 24.4 Å². The van der Waals surface area contributed by atoms with E-state index in [1.165, 1.54) is 12.1 Å². The third kappa shape index (κ3) is 5.20. The van der Waals surface area contributed by atoms with Gasteiger partial charge in [0.05, 0.1) is 20.1 Å². The van der Waals surface area contributed by atoms with Gasteiger partial charge in [0.1, 0.15) is 17.3 Å². The molecule has 0 radical (unpaired) electrons. The van der Waals surface area contributed by atoms with Crippen LogP contribution in [-0.2, 0) is 11.3 Å². The van der Waals surface area contributed by atoms with Crippen molar-refractivity contribution in [1.29, 1.82) is 0 Å². The summed E-state index contributed by atoms with van der Waals surface area (Å²) in [6, 6.07) is 20.6. The SMILES string of the molecule is COc1ccc([C@@H]2CN(C(=O)c3cccc(OC)c3)C[C@H]2C(=O)NCc2ccc(F)cc2)cc1. The van der Waals surface area contributed by atoms with Gasteiger partial charge in [-0.25, -0.2) is 4.39 Å². The van der Waals surface area contributed by atoms with Crippen molar-refractivity contribution in [2.24, 2.45) is 5.92 Å². The van der Waals surface area contributed by atoms with E-state index in [0.717, 1.165) is 16.9 Å². The van der Waals surface area contributed by atoms with Crippen molar-refractivity contribution in [3.05, 3.63) is 95.3 Å². The molecule has 1 heterocycles. The number of hydrogen-bond donors (Lipinski definition) is 1. The topological polar surface area (TPSA) is 67.9 Å². The first-order valence-electron chi connectivity index (χ1n) is 11.1. The lowest BCUT2D eigenvalue weighted by atomic mass is 9.88. The zero-order valence-corrected chi connectivity index (χ0v) is 19.2. The molecule has 0 bridgehead atoms. The molecule has 176 valence electrons. The van der Waals surface area contributed by atoms with Crippen molar-refractivity contribution >= 4 is 11.8 Å². The summed E-state index contributed by atoms with van der Waals surface area (Å²) in [7, 11) is 3.16. The summed E-state index contributed by atoms with van der Waals surface area (Å²) in [4.78, 5) is 28.2. The smallest absolute Gasteiger partial charge is 0.254 e. The number of rotatable bonds is 7. The molecule has 1 fully saturated rings. The Morgan fingerprint density at radius 2 is 1.65 bits per heavy atom. The fourth-order valence-corrected chi connectivity index (χ4v) is 4.29. The molecule has 1 aliphatic heterocycles. The first-order chi connectivity index (χ1) is 16.5. The molecule has 0 saturated carbocycles. The summed E-state index contributed by atoms with van der Waals surface area (Å²) < 4.78 is 23.7. The Morgan fingerprint density at radius 3 is 2.32 bits per heavy atom. The van der Waals surface area contributed by atoms with Gasteiger partial charge in [0, 0.05) is 31.1 Å².